The third kappa shape index (κ3) is 4.65. The molecular formula is C18H28N2O2. The number of likely N-dealkylation sites (tertiary alicyclic amines) is 1. The first-order valence-corrected chi connectivity index (χ1v) is 8.06. The maximum Gasteiger partial charge on any atom is 0.410 e. The lowest BCUT2D eigenvalue weighted by Gasteiger charge is -2.35. The Morgan fingerprint density at radius 2 is 2.05 bits per heavy atom. The Balaban J connectivity index is 1.97. The van der Waals surface area contributed by atoms with Crippen LogP contribution in [0.5, 0.6) is 0 Å². The van der Waals surface area contributed by atoms with Gasteiger partial charge >= 0.3 is 6.09 Å². The van der Waals surface area contributed by atoms with Crippen LogP contribution in [0, 0.1) is 13.8 Å². The SMILES string of the molecule is Cc1ccc(NC2CCCN(C(=O)OC(C)(C)C)C2)c(C)c1. The molecule has 0 saturated carbocycles. The fraction of sp³-hybridized carbons (Fsp3) is 0.611. The molecule has 0 spiro atoms. The van der Waals surface area contributed by atoms with E-state index in [4.69, 9.17) is 4.74 Å². The summed E-state index contributed by atoms with van der Waals surface area (Å²) in [5.41, 5.74) is 3.23. The first-order valence-electron chi connectivity index (χ1n) is 8.06. The number of rotatable bonds is 2. The second kappa shape index (κ2) is 6.59. The van der Waals surface area contributed by atoms with Crippen molar-refractivity contribution in [2.24, 2.45) is 0 Å². The van der Waals surface area contributed by atoms with E-state index in [0.717, 1.165) is 25.1 Å². The molecule has 1 atom stereocenters. The van der Waals surface area contributed by atoms with E-state index in [9.17, 15) is 4.79 Å². The number of aryl methyl sites for hydroxylation is 2. The van der Waals surface area contributed by atoms with Crippen LogP contribution in [-0.4, -0.2) is 35.7 Å². The van der Waals surface area contributed by atoms with Crippen LogP contribution in [-0.2, 0) is 4.74 Å². The highest BCUT2D eigenvalue weighted by atomic mass is 16.6. The Bertz CT molecular complexity index is 534. The molecule has 4 heteroatoms. The van der Waals surface area contributed by atoms with E-state index in [1.807, 2.05) is 25.7 Å². The number of carbonyl (C=O) groups is 1. The lowest BCUT2D eigenvalue weighted by Crippen LogP contribution is -2.47. The van der Waals surface area contributed by atoms with E-state index in [2.05, 4.69) is 37.4 Å². The molecule has 0 bridgehead atoms. The minimum Gasteiger partial charge on any atom is -0.444 e. The summed E-state index contributed by atoms with van der Waals surface area (Å²) in [6.45, 7) is 11.4. The van der Waals surface area contributed by atoms with Crippen LogP contribution < -0.4 is 5.32 Å². The van der Waals surface area contributed by atoms with E-state index >= 15 is 0 Å². The third-order valence-corrected chi connectivity index (χ3v) is 3.81. The lowest BCUT2D eigenvalue weighted by molar-refractivity contribution is 0.0206. The molecule has 1 amide bonds. The average Bonchev–Trinajstić information content (AvgIpc) is 2.40. The Kier molecular flexibility index (Phi) is 4.99. The predicted octanol–water partition coefficient (Wildman–Crippen LogP) is 4.11. The molecule has 1 aromatic rings. The molecule has 0 radical (unpaired) electrons. The third-order valence-electron chi connectivity index (χ3n) is 3.81. The van der Waals surface area contributed by atoms with Crippen molar-refractivity contribution < 1.29 is 9.53 Å². The van der Waals surface area contributed by atoms with Crippen LogP contribution in [0.15, 0.2) is 18.2 Å². The molecule has 22 heavy (non-hydrogen) atoms. The van der Waals surface area contributed by atoms with Gasteiger partial charge in [-0.3, -0.25) is 0 Å². The Morgan fingerprint density at radius 3 is 2.68 bits per heavy atom. The summed E-state index contributed by atoms with van der Waals surface area (Å²) in [7, 11) is 0. The van der Waals surface area contributed by atoms with E-state index in [0.29, 0.717) is 6.54 Å². The van der Waals surface area contributed by atoms with Crippen LogP contribution in [0.25, 0.3) is 0 Å². The van der Waals surface area contributed by atoms with Gasteiger partial charge in [0.05, 0.1) is 0 Å². The van der Waals surface area contributed by atoms with Gasteiger partial charge in [-0.15, -0.1) is 0 Å². The topological polar surface area (TPSA) is 41.6 Å². The number of nitrogens with zero attached hydrogens (tertiary/aromatic N) is 1. The van der Waals surface area contributed by atoms with E-state index in [-0.39, 0.29) is 12.1 Å². The number of hydrogen-bond acceptors (Lipinski definition) is 3. The van der Waals surface area contributed by atoms with Crippen LogP contribution in [0.3, 0.4) is 0 Å². The van der Waals surface area contributed by atoms with Crippen molar-refractivity contribution in [2.75, 3.05) is 18.4 Å². The molecule has 122 valence electrons. The normalized spacial score (nSPS) is 19.0. The molecule has 0 aromatic heterocycles. The van der Waals surface area contributed by atoms with Crippen molar-refractivity contribution in [1.82, 2.24) is 4.90 Å². The summed E-state index contributed by atoms with van der Waals surface area (Å²) < 4.78 is 5.47. The van der Waals surface area contributed by atoms with Gasteiger partial charge in [-0.1, -0.05) is 17.7 Å². The van der Waals surface area contributed by atoms with E-state index in [1.54, 1.807) is 0 Å². The Morgan fingerprint density at radius 1 is 1.32 bits per heavy atom. The summed E-state index contributed by atoms with van der Waals surface area (Å²) in [5, 5.41) is 3.57. The molecule has 0 aliphatic carbocycles. The zero-order valence-corrected chi connectivity index (χ0v) is 14.4. The van der Waals surface area contributed by atoms with Gasteiger partial charge in [0, 0.05) is 24.8 Å². The lowest BCUT2D eigenvalue weighted by atomic mass is 10.0. The molecular weight excluding hydrogens is 276 g/mol. The summed E-state index contributed by atoms with van der Waals surface area (Å²) in [6.07, 6.45) is 1.87. The molecule has 1 heterocycles. The zero-order chi connectivity index (χ0) is 16.3. The van der Waals surface area contributed by atoms with Crippen LogP contribution in [0.1, 0.15) is 44.7 Å². The number of amides is 1. The fourth-order valence-electron chi connectivity index (χ4n) is 2.78. The molecule has 1 N–H and O–H groups in total. The smallest absolute Gasteiger partial charge is 0.410 e. The highest BCUT2D eigenvalue weighted by Crippen LogP contribution is 2.21. The van der Waals surface area contributed by atoms with Crippen molar-refractivity contribution in [3.63, 3.8) is 0 Å². The number of nitrogens with one attached hydrogen (secondary N) is 1. The van der Waals surface area contributed by atoms with E-state index in [1.165, 1.54) is 11.1 Å². The van der Waals surface area contributed by atoms with Crippen LogP contribution in [0.4, 0.5) is 10.5 Å². The second-order valence-corrected chi connectivity index (χ2v) is 7.23. The molecule has 1 unspecified atom stereocenters. The monoisotopic (exact) mass is 304 g/mol. The minimum atomic E-state index is -0.439. The molecule has 1 aliphatic rings. The highest BCUT2D eigenvalue weighted by molar-refractivity contribution is 5.68. The maximum absolute atomic E-state index is 12.2. The summed E-state index contributed by atoms with van der Waals surface area (Å²) in [4.78, 5) is 14.0. The molecule has 1 aromatic carbocycles. The van der Waals surface area contributed by atoms with Gasteiger partial charge in [-0.2, -0.15) is 0 Å². The minimum absolute atomic E-state index is 0.209. The summed E-state index contributed by atoms with van der Waals surface area (Å²) in [5.74, 6) is 0. The predicted molar refractivity (Wildman–Crippen MR) is 90.4 cm³/mol. The largest absolute Gasteiger partial charge is 0.444 e. The van der Waals surface area contributed by atoms with Crippen molar-refractivity contribution in [3.8, 4) is 0 Å². The highest BCUT2D eigenvalue weighted by Gasteiger charge is 2.27. The summed E-state index contributed by atoms with van der Waals surface area (Å²) >= 11 is 0. The fourth-order valence-corrected chi connectivity index (χ4v) is 2.78. The molecule has 2 rings (SSSR count). The molecule has 4 nitrogen and oxygen atoms in total. The van der Waals surface area contributed by atoms with Crippen molar-refractivity contribution in [1.29, 1.82) is 0 Å². The first kappa shape index (κ1) is 16.7. The maximum atomic E-state index is 12.2. The van der Waals surface area contributed by atoms with E-state index < -0.39 is 5.60 Å². The molecule has 1 saturated heterocycles. The van der Waals surface area contributed by atoms with Gasteiger partial charge in [0.15, 0.2) is 0 Å². The number of ether oxygens (including phenoxy) is 1. The Hall–Kier alpha value is -1.71. The number of anilines is 1. The van der Waals surface area contributed by atoms with Crippen molar-refractivity contribution in [3.05, 3.63) is 29.3 Å². The van der Waals surface area contributed by atoms with Gasteiger partial charge in [-0.25, -0.2) is 4.79 Å². The number of hydrogen-bond donors (Lipinski definition) is 1. The van der Waals surface area contributed by atoms with Crippen LogP contribution >= 0.6 is 0 Å². The first-order chi connectivity index (χ1) is 10.2. The van der Waals surface area contributed by atoms with Gasteiger partial charge in [-0.05, 0) is 59.1 Å². The number of benzene rings is 1. The molecule has 1 fully saturated rings. The summed E-state index contributed by atoms with van der Waals surface area (Å²) in [6, 6.07) is 6.69. The van der Waals surface area contributed by atoms with Gasteiger partial charge < -0.3 is 15.0 Å². The number of carbonyl (C=O) groups excluding carboxylic acids is 1. The van der Waals surface area contributed by atoms with Crippen LogP contribution in [0.2, 0.25) is 0 Å². The molecule has 1 aliphatic heterocycles. The van der Waals surface area contributed by atoms with Gasteiger partial charge in [0.25, 0.3) is 0 Å². The Labute approximate surface area is 133 Å². The van der Waals surface area contributed by atoms with Crippen molar-refractivity contribution in [2.45, 2.75) is 59.1 Å². The zero-order valence-electron chi connectivity index (χ0n) is 14.4. The van der Waals surface area contributed by atoms with Gasteiger partial charge in [0.2, 0.25) is 0 Å². The van der Waals surface area contributed by atoms with Gasteiger partial charge in [0.1, 0.15) is 5.60 Å². The second-order valence-electron chi connectivity index (χ2n) is 7.23. The number of piperidine rings is 1. The standard InChI is InChI=1S/C18H28N2O2/c1-13-8-9-16(14(2)11-13)19-15-7-6-10-20(12-15)17(21)22-18(3,4)5/h8-9,11,15,19H,6-7,10,12H2,1-5H3. The quantitative estimate of drug-likeness (QED) is 0.894. The van der Waals surface area contributed by atoms with Crippen molar-refractivity contribution >= 4 is 11.8 Å². The average molecular weight is 304 g/mol.